The Kier molecular flexibility index (Phi) is 2.95. The van der Waals surface area contributed by atoms with Gasteiger partial charge in [-0.2, -0.15) is 0 Å². The first-order valence-corrected chi connectivity index (χ1v) is 5.64. The summed E-state index contributed by atoms with van der Waals surface area (Å²) in [6.45, 7) is 1.15. The molecule has 4 heteroatoms. The summed E-state index contributed by atoms with van der Waals surface area (Å²) in [6.07, 6.45) is 4.70. The second kappa shape index (κ2) is 4.23. The maximum Gasteiger partial charge on any atom is 0.266 e. The molecule has 1 unspecified atom stereocenters. The Morgan fingerprint density at radius 1 is 1.47 bits per heavy atom. The van der Waals surface area contributed by atoms with E-state index in [4.69, 9.17) is 0 Å². The predicted octanol–water partition coefficient (Wildman–Crippen LogP) is 0.408. The van der Waals surface area contributed by atoms with Crippen LogP contribution in [0.1, 0.15) is 25.0 Å². The fourth-order valence-corrected chi connectivity index (χ4v) is 2.23. The molecule has 0 bridgehead atoms. The van der Waals surface area contributed by atoms with Gasteiger partial charge in [-0.15, -0.1) is 0 Å². The summed E-state index contributed by atoms with van der Waals surface area (Å²) in [6, 6.07) is 2.40. The van der Waals surface area contributed by atoms with Gasteiger partial charge in [0.15, 0.2) is 0 Å². The quantitative estimate of drug-likeness (QED) is 0.783. The largest absolute Gasteiger partial charge is 0.314 e. The Morgan fingerprint density at radius 2 is 2.27 bits per heavy atom. The number of aromatic nitrogens is 2. The number of hydrogen-bond acceptors (Lipinski definition) is 2. The molecule has 15 heavy (non-hydrogen) atoms. The van der Waals surface area contributed by atoms with Crippen molar-refractivity contribution >= 4 is 0 Å². The molecule has 1 aromatic heterocycles. The zero-order valence-electron chi connectivity index (χ0n) is 9.49. The Bertz CT molecular complexity index is 385. The highest BCUT2D eigenvalue weighted by Crippen LogP contribution is 2.11. The van der Waals surface area contributed by atoms with Gasteiger partial charge in [0.2, 0.25) is 0 Å². The normalized spacial score (nSPS) is 21.1. The maximum absolute atomic E-state index is 11.4. The summed E-state index contributed by atoms with van der Waals surface area (Å²) in [7, 11) is 3.75. The van der Waals surface area contributed by atoms with Gasteiger partial charge in [-0.3, -0.25) is 14.2 Å². The van der Waals surface area contributed by atoms with Crippen molar-refractivity contribution in [1.82, 2.24) is 14.7 Å². The molecule has 2 rings (SSSR count). The molecule has 0 aliphatic carbocycles. The molecule has 4 nitrogen and oxygen atoms in total. The van der Waals surface area contributed by atoms with Crippen LogP contribution in [0.3, 0.4) is 0 Å². The first kappa shape index (κ1) is 10.5. The lowest BCUT2D eigenvalue weighted by molar-refractivity contribution is 0.517. The summed E-state index contributed by atoms with van der Waals surface area (Å²) in [5, 5.41) is 3.47. The molecule has 1 fully saturated rings. The molecule has 1 aliphatic rings. The molecule has 1 N–H and O–H groups in total. The van der Waals surface area contributed by atoms with Gasteiger partial charge in [-0.05, 0) is 32.2 Å². The third-order valence-corrected chi connectivity index (χ3v) is 3.39. The first-order valence-electron chi connectivity index (χ1n) is 5.64. The van der Waals surface area contributed by atoms with Crippen molar-refractivity contribution in [3.05, 3.63) is 22.1 Å². The zero-order chi connectivity index (χ0) is 10.8. The van der Waals surface area contributed by atoms with E-state index in [9.17, 15) is 4.79 Å². The van der Waals surface area contributed by atoms with Crippen LogP contribution in [0.4, 0.5) is 0 Å². The van der Waals surface area contributed by atoms with Crippen LogP contribution in [-0.4, -0.2) is 22.0 Å². The standard InChI is InChI=1S/C11H19N3O/c1-13-10(8-11(15)14(13)2)6-5-9-4-3-7-12-9/h8-9,12H,3-7H2,1-2H3. The van der Waals surface area contributed by atoms with Crippen molar-refractivity contribution in [2.45, 2.75) is 31.7 Å². The molecular formula is C11H19N3O. The highest BCUT2D eigenvalue weighted by Gasteiger charge is 2.14. The van der Waals surface area contributed by atoms with Crippen molar-refractivity contribution in [2.24, 2.45) is 14.1 Å². The van der Waals surface area contributed by atoms with Crippen molar-refractivity contribution in [3.8, 4) is 0 Å². The molecule has 1 atom stereocenters. The van der Waals surface area contributed by atoms with E-state index in [1.165, 1.54) is 12.8 Å². The minimum Gasteiger partial charge on any atom is -0.314 e. The van der Waals surface area contributed by atoms with Crippen molar-refractivity contribution < 1.29 is 0 Å². The Morgan fingerprint density at radius 3 is 2.80 bits per heavy atom. The smallest absolute Gasteiger partial charge is 0.266 e. The van der Waals surface area contributed by atoms with Crippen molar-refractivity contribution in [2.75, 3.05) is 6.54 Å². The summed E-state index contributed by atoms with van der Waals surface area (Å²) in [5.74, 6) is 0. The minimum atomic E-state index is 0.0897. The molecule has 0 amide bonds. The fourth-order valence-electron chi connectivity index (χ4n) is 2.23. The SMILES string of the molecule is Cn1c(CCC2CCCN2)cc(=O)n1C. The van der Waals surface area contributed by atoms with Crippen molar-refractivity contribution in [1.29, 1.82) is 0 Å². The van der Waals surface area contributed by atoms with E-state index in [0.29, 0.717) is 6.04 Å². The summed E-state index contributed by atoms with van der Waals surface area (Å²) in [4.78, 5) is 11.4. The van der Waals surface area contributed by atoms with Gasteiger partial charge < -0.3 is 5.32 Å². The Labute approximate surface area is 89.9 Å². The van der Waals surface area contributed by atoms with E-state index < -0.39 is 0 Å². The Hall–Kier alpha value is -1.03. The number of nitrogens with one attached hydrogen (secondary N) is 1. The zero-order valence-corrected chi connectivity index (χ0v) is 9.49. The van der Waals surface area contributed by atoms with Crippen LogP contribution in [0.25, 0.3) is 0 Å². The molecule has 1 saturated heterocycles. The lowest BCUT2D eigenvalue weighted by Gasteiger charge is -2.10. The summed E-state index contributed by atoms with van der Waals surface area (Å²) >= 11 is 0. The highest BCUT2D eigenvalue weighted by atomic mass is 16.1. The van der Waals surface area contributed by atoms with Gasteiger partial charge in [0.05, 0.1) is 0 Å². The lowest BCUT2D eigenvalue weighted by Crippen LogP contribution is -2.22. The van der Waals surface area contributed by atoms with Crippen LogP contribution in [0.2, 0.25) is 0 Å². The van der Waals surface area contributed by atoms with E-state index in [1.807, 2.05) is 11.7 Å². The molecular weight excluding hydrogens is 190 g/mol. The van der Waals surface area contributed by atoms with Crippen LogP contribution in [0.5, 0.6) is 0 Å². The third kappa shape index (κ3) is 2.15. The predicted molar refractivity (Wildman–Crippen MR) is 60.0 cm³/mol. The van der Waals surface area contributed by atoms with Crippen LogP contribution in [-0.2, 0) is 20.5 Å². The topological polar surface area (TPSA) is 39.0 Å². The van der Waals surface area contributed by atoms with Crippen LogP contribution in [0, 0.1) is 0 Å². The second-order valence-corrected chi connectivity index (χ2v) is 4.35. The van der Waals surface area contributed by atoms with Gasteiger partial charge in [0.1, 0.15) is 0 Å². The molecule has 0 aromatic carbocycles. The summed E-state index contributed by atoms with van der Waals surface area (Å²) < 4.78 is 3.59. The monoisotopic (exact) mass is 209 g/mol. The van der Waals surface area contributed by atoms with Crippen molar-refractivity contribution in [3.63, 3.8) is 0 Å². The average molecular weight is 209 g/mol. The van der Waals surface area contributed by atoms with Crippen LogP contribution < -0.4 is 10.9 Å². The summed E-state index contributed by atoms with van der Waals surface area (Å²) in [5.41, 5.74) is 1.23. The first-order chi connectivity index (χ1) is 7.18. The molecule has 0 spiro atoms. The second-order valence-electron chi connectivity index (χ2n) is 4.35. The minimum absolute atomic E-state index is 0.0897. The number of rotatable bonds is 3. The van der Waals surface area contributed by atoms with E-state index in [1.54, 1.807) is 17.8 Å². The lowest BCUT2D eigenvalue weighted by atomic mass is 10.1. The van der Waals surface area contributed by atoms with Gasteiger partial charge in [0, 0.05) is 31.9 Å². The Balaban J connectivity index is 1.98. The molecule has 1 aromatic rings. The number of aryl methyl sites for hydroxylation is 1. The van der Waals surface area contributed by atoms with E-state index in [2.05, 4.69) is 5.32 Å². The number of hydrogen-bond donors (Lipinski definition) is 1. The number of nitrogens with zero attached hydrogens (tertiary/aromatic N) is 2. The molecule has 1 aliphatic heterocycles. The molecule has 2 heterocycles. The van der Waals surface area contributed by atoms with E-state index in [-0.39, 0.29) is 5.56 Å². The fraction of sp³-hybridized carbons (Fsp3) is 0.727. The van der Waals surface area contributed by atoms with E-state index in [0.717, 1.165) is 25.1 Å². The van der Waals surface area contributed by atoms with Gasteiger partial charge in [-0.25, -0.2) is 0 Å². The van der Waals surface area contributed by atoms with Gasteiger partial charge in [-0.1, -0.05) is 0 Å². The molecule has 0 saturated carbocycles. The van der Waals surface area contributed by atoms with Crippen LogP contribution in [0.15, 0.2) is 10.9 Å². The average Bonchev–Trinajstić information content (AvgIpc) is 2.80. The van der Waals surface area contributed by atoms with Crippen LogP contribution >= 0.6 is 0 Å². The van der Waals surface area contributed by atoms with E-state index >= 15 is 0 Å². The van der Waals surface area contributed by atoms with Gasteiger partial charge in [0.25, 0.3) is 5.56 Å². The van der Waals surface area contributed by atoms with Gasteiger partial charge >= 0.3 is 0 Å². The highest BCUT2D eigenvalue weighted by molar-refractivity contribution is 5.02. The molecule has 84 valence electrons. The maximum atomic E-state index is 11.4. The third-order valence-electron chi connectivity index (χ3n) is 3.39. The molecule has 0 radical (unpaired) electrons.